The van der Waals surface area contributed by atoms with Gasteiger partial charge in [0, 0.05) is 17.9 Å². The molecule has 2 rings (SSSR count). The van der Waals surface area contributed by atoms with E-state index in [1.54, 1.807) is 0 Å². The number of aliphatic hydroxyl groups excluding tert-OH is 1. The smallest absolute Gasteiger partial charge is 0.163 e. The second-order valence-corrected chi connectivity index (χ2v) is 7.45. The van der Waals surface area contributed by atoms with Crippen LogP contribution in [0, 0.1) is 6.92 Å². The minimum Gasteiger partial charge on any atom is -0.396 e. The summed E-state index contributed by atoms with van der Waals surface area (Å²) in [6.07, 6.45) is 1.09. The van der Waals surface area contributed by atoms with E-state index in [1.807, 2.05) is 45.0 Å². The molecule has 0 aliphatic carbocycles. The molecule has 21 heavy (non-hydrogen) atoms. The van der Waals surface area contributed by atoms with Crippen LogP contribution >= 0.6 is 0 Å². The van der Waals surface area contributed by atoms with Crippen LogP contribution in [0.25, 0.3) is 0 Å². The van der Waals surface area contributed by atoms with Crippen molar-refractivity contribution in [2.45, 2.75) is 56.5 Å². The lowest BCUT2D eigenvalue weighted by Gasteiger charge is -2.40. The van der Waals surface area contributed by atoms with Crippen molar-refractivity contribution in [3.05, 3.63) is 29.8 Å². The highest BCUT2D eigenvalue weighted by atomic mass is 32.2. The predicted octanol–water partition coefficient (Wildman–Crippen LogP) is 2.40. The van der Waals surface area contributed by atoms with Gasteiger partial charge in [-0.2, -0.15) is 0 Å². The molecular formula is C16H24O4S. The van der Waals surface area contributed by atoms with E-state index in [-0.39, 0.29) is 18.8 Å². The Morgan fingerprint density at radius 3 is 2.48 bits per heavy atom. The standard InChI is InChI=1S/C16H24O4S/c1-12-4-6-15(7-5-12)21(18)11-14-10-13(8-9-17)19-16(2,3)20-14/h4-7,13-14,17H,8-11H2,1-3H3/t13-,14-,21+/m0/s1. The van der Waals surface area contributed by atoms with Crippen LogP contribution in [-0.4, -0.2) is 39.7 Å². The molecular weight excluding hydrogens is 288 g/mol. The van der Waals surface area contributed by atoms with E-state index in [9.17, 15) is 4.21 Å². The monoisotopic (exact) mass is 312 g/mol. The molecule has 1 heterocycles. The molecule has 5 heteroatoms. The highest BCUT2D eigenvalue weighted by Gasteiger charge is 2.35. The maximum absolute atomic E-state index is 12.4. The fourth-order valence-corrected chi connectivity index (χ4v) is 3.77. The fourth-order valence-electron chi connectivity index (χ4n) is 2.60. The van der Waals surface area contributed by atoms with Gasteiger partial charge in [-0.05, 0) is 39.3 Å². The molecule has 118 valence electrons. The molecule has 1 aliphatic heterocycles. The predicted molar refractivity (Wildman–Crippen MR) is 82.6 cm³/mol. The van der Waals surface area contributed by atoms with Crippen molar-refractivity contribution in [3.8, 4) is 0 Å². The first-order valence-electron chi connectivity index (χ1n) is 7.31. The van der Waals surface area contributed by atoms with Gasteiger partial charge in [0.05, 0.1) is 28.8 Å². The van der Waals surface area contributed by atoms with Gasteiger partial charge in [-0.3, -0.25) is 4.21 Å². The number of benzene rings is 1. The summed E-state index contributed by atoms with van der Waals surface area (Å²) in [5.41, 5.74) is 1.15. The molecule has 1 aromatic carbocycles. The second kappa shape index (κ2) is 7.01. The number of hydrogen-bond acceptors (Lipinski definition) is 4. The number of rotatable bonds is 5. The SMILES string of the molecule is Cc1ccc([S@](=O)C[C@@H]2C[C@H](CCO)OC(C)(C)O2)cc1. The van der Waals surface area contributed by atoms with Gasteiger partial charge in [0.15, 0.2) is 5.79 Å². The van der Waals surface area contributed by atoms with Gasteiger partial charge >= 0.3 is 0 Å². The lowest BCUT2D eigenvalue weighted by Crippen LogP contribution is -2.46. The van der Waals surface area contributed by atoms with Crippen LogP contribution in [0.2, 0.25) is 0 Å². The number of aliphatic hydroxyl groups is 1. The molecule has 0 spiro atoms. The van der Waals surface area contributed by atoms with Gasteiger partial charge in [0.1, 0.15) is 0 Å². The molecule has 1 aromatic rings. The first-order chi connectivity index (χ1) is 9.89. The Morgan fingerprint density at radius 1 is 1.24 bits per heavy atom. The van der Waals surface area contributed by atoms with E-state index < -0.39 is 16.6 Å². The van der Waals surface area contributed by atoms with Crippen LogP contribution in [0.1, 0.15) is 32.3 Å². The van der Waals surface area contributed by atoms with Gasteiger partial charge in [-0.15, -0.1) is 0 Å². The molecule has 1 N–H and O–H groups in total. The van der Waals surface area contributed by atoms with Crippen LogP contribution in [0.4, 0.5) is 0 Å². The highest BCUT2D eigenvalue weighted by Crippen LogP contribution is 2.29. The van der Waals surface area contributed by atoms with Gasteiger partial charge in [-0.1, -0.05) is 17.7 Å². The Balaban J connectivity index is 2.00. The lowest BCUT2D eigenvalue weighted by molar-refractivity contribution is -0.296. The maximum atomic E-state index is 12.4. The van der Waals surface area contributed by atoms with E-state index >= 15 is 0 Å². The first-order valence-corrected chi connectivity index (χ1v) is 8.63. The van der Waals surface area contributed by atoms with Gasteiger partial charge < -0.3 is 14.6 Å². The topological polar surface area (TPSA) is 55.8 Å². The summed E-state index contributed by atoms with van der Waals surface area (Å²) in [6, 6.07) is 7.75. The normalized spacial score (nSPS) is 26.5. The van der Waals surface area contributed by atoms with Crippen molar-refractivity contribution < 1.29 is 18.8 Å². The average molecular weight is 312 g/mol. The number of hydrogen-bond donors (Lipinski definition) is 1. The average Bonchev–Trinajstić information content (AvgIpc) is 2.37. The van der Waals surface area contributed by atoms with Crippen LogP contribution in [0.15, 0.2) is 29.2 Å². The molecule has 0 unspecified atom stereocenters. The fraction of sp³-hybridized carbons (Fsp3) is 0.625. The summed E-state index contributed by atoms with van der Waals surface area (Å²) in [7, 11) is -1.08. The van der Waals surface area contributed by atoms with Crippen LogP contribution in [-0.2, 0) is 20.3 Å². The Morgan fingerprint density at radius 2 is 1.86 bits per heavy atom. The third kappa shape index (κ3) is 4.88. The Kier molecular flexibility index (Phi) is 5.54. The zero-order valence-corrected chi connectivity index (χ0v) is 13.7. The molecule has 1 fully saturated rings. The minimum absolute atomic E-state index is 0.0428. The van der Waals surface area contributed by atoms with Crippen molar-refractivity contribution in [1.29, 1.82) is 0 Å². The van der Waals surface area contributed by atoms with E-state index in [4.69, 9.17) is 14.6 Å². The van der Waals surface area contributed by atoms with Crippen molar-refractivity contribution >= 4 is 10.8 Å². The summed E-state index contributed by atoms with van der Waals surface area (Å²) < 4.78 is 24.1. The molecule has 0 aromatic heterocycles. The maximum Gasteiger partial charge on any atom is 0.163 e. The van der Waals surface area contributed by atoms with Crippen LogP contribution in [0.5, 0.6) is 0 Å². The van der Waals surface area contributed by atoms with Crippen LogP contribution < -0.4 is 0 Å². The summed E-state index contributed by atoms with van der Waals surface area (Å²) in [4.78, 5) is 0.826. The van der Waals surface area contributed by atoms with Gasteiger partial charge in [0.2, 0.25) is 0 Å². The summed E-state index contributed by atoms with van der Waals surface area (Å²) >= 11 is 0. The molecule has 0 radical (unpaired) electrons. The van der Waals surface area contributed by atoms with Gasteiger partial charge in [-0.25, -0.2) is 0 Å². The molecule has 0 bridgehead atoms. The lowest BCUT2D eigenvalue weighted by atomic mass is 10.1. The first kappa shape index (κ1) is 16.6. The Labute approximate surface area is 128 Å². The molecule has 0 amide bonds. The quantitative estimate of drug-likeness (QED) is 0.907. The minimum atomic E-state index is -1.08. The van der Waals surface area contributed by atoms with Crippen molar-refractivity contribution in [2.24, 2.45) is 0 Å². The second-order valence-electron chi connectivity index (χ2n) is 5.95. The molecule has 1 aliphatic rings. The zero-order chi connectivity index (χ0) is 15.5. The summed E-state index contributed by atoms with van der Waals surface area (Å²) in [5, 5.41) is 9.08. The molecule has 3 atom stereocenters. The highest BCUT2D eigenvalue weighted by molar-refractivity contribution is 7.85. The van der Waals surface area contributed by atoms with Crippen LogP contribution in [0.3, 0.4) is 0 Å². The molecule has 4 nitrogen and oxygen atoms in total. The zero-order valence-electron chi connectivity index (χ0n) is 12.9. The number of ether oxygens (including phenoxy) is 2. The van der Waals surface area contributed by atoms with E-state index in [2.05, 4.69) is 0 Å². The third-order valence-electron chi connectivity index (χ3n) is 3.50. The third-order valence-corrected chi connectivity index (χ3v) is 4.97. The number of aryl methyl sites for hydroxylation is 1. The Hall–Kier alpha value is -0.750. The summed E-state index contributed by atoms with van der Waals surface area (Å²) in [6.45, 7) is 5.82. The molecule has 0 saturated carbocycles. The van der Waals surface area contributed by atoms with E-state index in [1.165, 1.54) is 0 Å². The largest absolute Gasteiger partial charge is 0.396 e. The van der Waals surface area contributed by atoms with Crippen molar-refractivity contribution in [1.82, 2.24) is 0 Å². The molecule has 1 saturated heterocycles. The van der Waals surface area contributed by atoms with E-state index in [0.29, 0.717) is 18.6 Å². The summed E-state index contributed by atoms with van der Waals surface area (Å²) in [5.74, 6) is -0.238. The van der Waals surface area contributed by atoms with Crippen molar-refractivity contribution in [2.75, 3.05) is 12.4 Å². The van der Waals surface area contributed by atoms with Gasteiger partial charge in [0.25, 0.3) is 0 Å². The Bertz CT molecular complexity index is 484. The van der Waals surface area contributed by atoms with Crippen molar-refractivity contribution in [3.63, 3.8) is 0 Å². The van der Waals surface area contributed by atoms with E-state index in [0.717, 1.165) is 10.5 Å².